The minimum absolute atomic E-state index is 0.0158. The lowest BCUT2D eigenvalue weighted by molar-refractivity contribution is -0.114. The molecule has 2 aromatic rings. The van der Waals surface area contributed by atoms with Crippen molar-refractivity contribution in [3.05, 3.63) is 52.5 Å². The minimum Gasteiger partial charge on any atom is -0.376 e. The zero-order valence-electron chi connectivity index (χ0n) is 16.5. The second-order valence-corrected chi connectivity index (χ2v) is 8.77. The summed E-state index contributed by atoms with van der Waals surface area (Å²) >= 11 is 6.13. The fraction of sp³-hybridized carbons (Fsp3) is 0.350. The number of hydrogen-bond acceptors (Lipinski definition) is 4. The third-order valence-corrected chi connectivity index (χ3v) is 6.87. The fourth-order valence-corrected chi connectivity index (χ4v) is 4.78. The Hall–Kier alpha value is -2.09. The first-order valence-corrected chi connectivity index (χ1v) is 10.9. The molecule has 152 valence electrons. The van der Waals surface area contributed by atoms with E-state index in [0.29, 0.717) is 35.1 Å². The highest BCUT2D eigenvalue weighted by Gasteiger charge is 2.23. The highest BCUT2D eigenvalue weighted by molar-refractivity contribution is 7.89. The summed E-state index contributed by atoms with van der Waals surface area (Å²) in [5, 5.41) is 6.18. The second kappa shape index (κ2) is 9.41. The van der Waals surface area contributed by atoms with Crippen molar-refractivity contribution in [2.45, 2.75) is 32.6 Å². The van der Waals surface area contributed by atoms with E-state index in [0.717, 1.165) is 5.56 Å². The zero-order valence-corrected chi connectivity index (χ0v) is 18.1. The summed E-state index contributed by atoms with van der Waals surface area (Å²) in [6.45, 7) is 8.06. The van der Waals surface area contributed by atoms with Gasteiger partial charge in [-0.15, -0.1) is 0 Å². The fourth-order valence-electron chi connectivity index (χ4n) is 2.79. The van der Waals surface area contributed by atoms with E-state index >= 15 is 0 Å². The van der Waals surface area contributed by atoms with Gasteiger partial charge in [0.25, 0.3) is 0 Å². The van der Waals surface area contributed by atoms with Crippen LogP contribution in [0.4, 0.5) is 11.4 Å². The van der Waals surface area contributed by atoms with Crippen LogP contribution < -0.4 is 10.6 Å². The van der Waals surface area contributed by atoms with E-state index in [2.05, 4.69) is 10.6 Å². The number of hydrogen-bond donors (Lipinski definition) is 2. The lowest BCUT2D eigenvalue weighted by atomic mass is 10.2. The molecule has 8 heteroatoms. The SMILES string of the molecule is CCN(CC)S(=O)(=O)c1cc(NCC(=O)Nc2ccc(C)cc2Cl)ccc1C. The van der Waals surface area contributed by atoms with Gasteiger partial charge < -0.3 is 10.6 Å². The minimum atomic E-state index is -3.58. The first-order chi connectivity index (χ1) is 13.2. The monoisotopic (exact) mass is 423 g/mol. The van der Waals surface area contributed by atoms with Crippen molar-refractivity contribution in [3.8, 4) is 0 Å². The Bertz CT molecular complexity index is 957. The maximum Gasteiger partial charge on any atom is 0.243 e. The van der Waals surface area contributed by atoms with Crippen LogP contribution in [0.25, 0.3) is 0 Å². The van der Waals surface area contributed by atoms with E-state index in [1.54, 1.807) is 51.1 Å². The van der Waals surface area contributed by atoms with E-state index in [9.17, 15) is 13.2 Å². The second-order valence-electron chi connectivity index (χ2n) is 6.45. The summed E-state index contributed by atoms with van der Waals surface area (Å²) in [7, 11) is -3.58. The van der Waals surface area contributed by atoms with Crippen LogP contribution >= 0.6 is 11.6 Å². The largest absolute Gasteiger partial charge is 0.376 e. The van der Waals surface area contributed by atoms with Crippen LogP contribution in [-0.2, 0) is 14.8 Å². The third kappa shape index (κ3) is 5.25. The highest BCUT2D eigenvalue weighted by Crippen LogP contribution is 2.24. The Balaban J connectivity index is 2.12. The summed E-state index contributed by atoms with van der Waals surface area (Å²) in [5.74, 6) is -0.278. The molecule has 0 radical (unpaired) electrons. The van der Waals surface area contributed by atoms with Crippen molar-refractivity contribution >= 4 is 38.9 Å². The van der Waals surface area contributed by atoms with Crippen molar-refractivity contribution in [2.75, 3.05) is 30.3 Å². The number of carbonyl (C=O) groups excluding carboxylic acids is 1. The number of sulfonamides is 1. The van der Waals surface area contributed by atoms with Gasteiger partial charge in [0.05, 0.1) is 22.2 Å². The Morgan fingerprint density at radius 2 is 1.75 bits per heavy atom. The Morgan fingerprint density at radius 1 is 1.07 bits per heavy atom. The molecule has 0 spiro atoms. The average Bonchev–Trinajstić information content (AvgIpc) is 2.64. The van der Waals surface area contributed by atoms with Crippen LogP contribution in [0.2, 0.25) is 5.02 Å². The molecular formula is C20H26ClN3O3S. The lowest BCUT2D eigenvalue weighted by Crippen LogP contribution is -2.31. The van der Waals surface area contributed by atoms with Gasteiger partial charge in [-0.05, 0) is 49.2 Å². The van der Waals surface area contributed by atoms with Crippen LogP contribution in [0.5, 0.6) is 0 Å². The molecule has 0 aliphatic carbocycles. The lowest BCUT2D eigenvalue weighted by Gasteiger charge is -2.20. The van der Waals surface area contributed by atoms with Gasteiger partial charge in [0.2, 0.25) is 15.9 Å². The molecule has 0 bridgehead atoms. The molecular weight excluding hydrogens is 398 g/mol. The normalized spacial score (nSPS) is 11.5. The van der Waals surface area contributed by atoms with Gasteiger partial charge in [-0.2, -0.15) is 4.31 Å². The highest BCUT2D eigenvalue weighted by atomic mass is 35.5. The van der Waals surface area contributed by atoms with Crippen LogP contribution in [0, 0.1) is 13.8 Å². The molecule has 0 fully saturated rings. The molecule has 0 saturated heterocycles. The summed E-state index contributed by atoms with van der Waals surface area (Å²) in [4.78, 5) is 12.5. The Labute approximate surface area is 171 Å². The summed E-state index contributed by atoms with van der Waals surface area (Å²) < 4.78 is 27.0. The van der Waals surface area contributed by atoms with Crippen LogP contribution in [0.3, 0.4) is 0 Å². The molecule has 0 aromatic heterocycles. The smallest absolute Gasteiger partial charge is 0.243 e. The number of nitrogens with zero attached hydrogens (tertiary/aromatic N) is 1. The predicted octanol–water partition coefficient (Wildman–Crippen LogP) is 4.04. The van der Waals surface area contributed by atoms with E-state index < -0.39 is 10.0 Å². The van der Waals surface area contributed by atoms with Gasteiger partial charge in [0.1, 0.15) is 0 Å². The summed E-state index contributed by atoms with van der Waals surface area (Å²) in [6, 6.07) is 10.4. The van der Waals surface area contributed by atoms with E-state index in [1.807, 2.05) is 13.0 Å². The average molecular weight is 424 g/mol. The summed E-state index contributed by atoms with van der Waals surface area (Å²) in [5.41, 5.74) is 2.75. The van der Waals surface area contributed by atoms with Gasteiger partial charge in [-0.1, -0.05) is 37.6 Å². The van der Waals surface area contributed by atoms with E-state index in [4.69, 9.17) is 11.6 Å². The van der Waals surface area contributed by atoms with Crippen LogP contribution in [0.15, 0.2) is 41.3 Å². The van der Waals surface area contributed by atoms with Gasteiger partial charge in [-0.25, -0.2) is 8.42 Å². The number of anilines is 2. The Morgan fingerprint density at radius 3 is 2.36 bits per heavy atom. The maximum absolute atomic E-state index is 12.8. The van der Waals surface area contributed by atoms with Crippen molar-refractivity contribution in [2.24, 2.45) is 0 Å². The first-order valence-electron chi connectivity index (χ1n) is 9.09. The molecule has 2 aromatic carbocycles. The maximum atomic E-state index is 12.8. The standard InChI is InChI=1S/C20H26ClN3O3S/c1-5-24(6-2)28(26,27)19-12-16(9-8-15(19)4)22-13-20(25)23-18-10-7-14(3)11-17(18)21/h7-12,22H,5-6,13H2,1-4H3,(H,23,25). The number of benzene rings is 2. The summed E-state index contributed by atoms with van der Waals surface area (Å²) in [6.07, 6.45) is 0. The molecule has 0 atom stereocenters. The molecule has 0 heterocycles. The molecule has 2 rings (SSSR count). The molecule has 6 nitrogen and oxygen atoms in total. The quantitative estimate of drug-likeness (QED) is 0.671. The van der Waals surface area contributed by atoms with Gasteiger partial charge in [0, 0.05) is 18.8 Å². The van der Waals surface area contributed by atoms with E-state index in [-0.39, 0.29) is 17.3 Å². The predicted molar refractivity (Wildman–Crippen MR) is 115 cm³/mol. The number of amides is 1. The molecule has 0 aliphatic rings. The van der Waals surface area contributed by atoms with Crippen LogP contribution in [0.1, 0.15) is 25.0 Å². The number of carbonyl (C=O) groups is 1. The number of nitrogens with one attached hydrogen (secondary N) is 2. The molecule has 2 N–H and O–H groups in total. The van der Waals surface area contributed by atoms with Crippen LogP contribution in [-0.4, -0.2) is 38.3 Å². The van der Waals surface area contributed by atoms with E-state index in [1.165, 1.54) is 4.31 Å². The molecule has 0 aliphatic heterocycles. The number of halogens is 1. The molecule has 28 heavy (non-hydrogen) atoms. The van der Waals surface area contributed by atoms with Crippen molar-refractivity contribution in [3.63, 3.8) is 0 Å². The molecule has 1 amide bonds. The van der Waals surface area contributed by atoms with Crippen molar-refractivity contribution < 1.29 is 13.2 Å². The third-order valence-electron chi connectivity index (χ3n) is 4.36. The van der Waals surface area contributed by atoms with Crippen molar-refractivity contribution in [1.29, 1.82) is 0 Å². The van der Waals surface area contributed by atoms with Gasteiger partial charge >= 0.3 is 0 Å². The van der Waals surface area contributed by atoms with Crippen molar-refractivity contribution in [1.82, 2.24) is 4.31 Å². The first kappa shape index (κ1) is 22.2. The zero-order chi connectivity index (χ0) is 20.9. The van der Waals surface area contributed by atoms with Gasteiger partial charge in [0.15, 0.2) is 0 Å². The topological polar surface area (TPSA) is 78.5 Å². The van der Waals surface area contributed by atoms with Gasteiger partial charge in [-0.3, -0.25) is 4.79 Å². The number of rotatable bonds is 8. The molecule has 0 unspecified atom stereocenters. The molecule has 0 saturated carbocycles. The number of aryl methyl sites for hydroxylation is 2. The Kier molecular flexibility index (Phi) is 7.46.